The lowest BCUT2D eigenvalue weighted by Gasteiger charge is -2.12. The molecule has 0 atom stereocenters. The van der Waals surface area contributed by atoms with Crippen LogP contribution in [0.25, 0.3) is 55.8 Å². The molecule has 6 rings (SSSR count). The standard InChI is InChI=1S/C27H16ClN5O/c28-20-13-19(12-17-8-5-11-30-23(17)20)25-24(16-6-2-1-3-7-16)33-27-26(32-25)22(34)14-21(31-27)18-9-4-10-29-15-18/h1-15H,(H,31,33,34). The highest BCUT2D eigenvalue weighted by Gasteiger charge is 2.17. The van der Waals surface area contributed by atoms with Crippen LogP contribution in [0.15, 0.2) is 96.2 Å². The van der Waals surface area contributed by atoms with E-state index in [9.17, 15) is 4.79 Å². The first-order valence-electron chi connectivity index (χ1n) is 10.6. The molecule has 0 saturated carbocycles. The van der Waals surface area contributed by atoms with Gasteiger partial charge in [-0.15, -0.1) is 0 Å². The summed E-state index contributed by atoms with van der Waals surface area (Å²) >= 11 is 6.56. The second-order valence-corrected chi connectivity index (χ2v) is 8.21. The van der Waals surface area contributed by atoms with Crippen LogP contribution < -0.4 is 5.43 Å². The average molecular weight is 462 g/mol. The first-order valence-corrected chi connectivity index (χ1v) is 11.0. The SMILES string of the molecule is O=c1cc(-c2cccnc2)[nH]c2nc(-c3ccccc3)c(-c3cc(Cl)c4ncccc4c3)nc12. The highest BCUT2D eigenvalue weighted by Crippen LogP contribution is 2.34. The summed E-state index contributed by atoms with van der Waals surface area (Å²) in [6, 6.07) is 22.6. The fraction of sp³-hybridized carbons (Fsp3) is 0. The topological polar surface area (TPSA) is 84.4 Å². The van der Waals surface area contributed by atoms with Crippen molar-refractivity contribution in [3.8, 4) is 33.8 Å². The van der Waals surface area contributed by atoms with E-state index >= 15 is 0 Å². The maximum absolute atomic E-state index is 13.1. The molecule has 7 heteroatoms. The largest absolute Gasteiger partial charge is 0.338 e. The zero-order valence-corrected chi connectivity index (χ0v) is 18.5. The normalized spacial score (nSPS) is 11.2. The molecule has 0 bridgehead atoms. The number of H-pyrrole nitrogens is 1. The Morgan fingerprint density at radius 2 is 1.53 bits per heavy atom. The Kier molecular flexibility index (Phi) is 4.86. The summed E-state index contributed by atoms with van der Waals surface area (Å²) in [5, 5.41) is 1.39. The Morgan fingerprint density at radius 1 is 0.735 bits per heavy atom. The molecule has 6 nitrogen and oxygen atoms in total. The maximum Gasteiger partial charge on any atom is 0.210 e. The van der Waals surface area contributed by atoms with E-state index in [0.717, 1.165) is 22.1 Å². The molecule has 0 amide bonds. The van der Waals surface area contributed by atoms with E-state index in [2.05, 4.69) is 15.0 Å². The molecular weight excluding hydrogens is 446 g/mol. The number of benzene rings is 2. The molecule has 0 aliphatic heterocycles. The number of pyridine rings is 3. The minimum Gasteiger partial charge on any atom is -0.338 e. The smallest absolute Gasteiger partial charge is 0.210 e. The van der Waals surface area contributed by atoms with Gasteiger partial charge in [0.1, 0.15) is 0 Å². The predicted octanol–water partition coefficient (Wildman–Crippen LogP) is 5.92. The first-order chi connectivity index (χ1) is 16.7. The summed E-state index contributed by atoms with van der Waals surface area (Å²) in [5.74, 6) is 0. The van der Waals surface area contributed by atoms with Gasteiger partial charge in [-0.1, -0.05) is 48.0 Å². The van der Waals surface area contributed by atoms with Gasteiger partial charge in [0.15, 0.2) is 11.2 Å². The molecule has 2 aromatic carbocycles. The van der Waals surface area contributed by atoms with E-state index in [4.69, 9.17) is 21.6 Å². The highest BCUT2D eigenvalue weighted by molar-refractivity contribution is 6.35. The number of hydrogen-bond acceptors (Lipinski definition) is 5. The lowest BCUT2D eigenvalue weighted by Crippen LogP contribution is -2.08. The fourth-order valence-corrected chi connectivity index (χ4v) is 4.29. The molecule has 0 spiro atoms. The van der Waals surface area contributed by atoms with Crippen molar-refractivity contribution in [2.45, 2.75) is 0 Å². The second kappa shape index (κ2) is 8.17. The summed E-state index contributed by atoms with van der Waals surface area (Å²) in [5.41, 5.74) is 5.42. The molecule has 4 heterocycles. The molecule has 0 aliphatic rings. The Morgan fingerprint density at radius 3 is 2.35 bits per heavy atom. The van der Waals surface area contributed by atoms with Gasteiger partial charge < -0.3 is 4.98 Å². The van der Waals surface area contributed by atoms with Crippen LogP contribution in [0.1, 0.15) is 0 Å². The molecule has 0 radical (unpaired) electrons. The molecule has 162 valence electrons. The summed E-state index contributed by atoms with van der Waals surface area (Å²) in [7, 11) is 0. The number of nitrogens with zero attached hydrogens (tertiary/aromatic N) is 4. The van der Waals surface area contributed by atoms with Crippen molar-refractivity contribution < 1.29 is 0 Å². The van der Waals surface area contributed by atoms with Crippen molar-refractivity contribution in [2.75, 3.05) is 0 Å². The van der Waals surface area contributed by atoms with E-state index < -0.39 is 0 Å². The van der Waals surface area contributed by atoms with Crippen LogP contribution in [-0.4, -0.2) is 24.9 Å². The van der Waals surface area contributed by atoms with Gasteiger partial charge in [0.25, 0.3) is 0 Å². The molecule has 0 unspecified atom stereocenters. The van der Waals surface area contributed by atoms with Gasteiger partial charge in [0, 0.05) is 46.7 Å². The third kappa shape index (κ3) is 3.50. The van der Waals surface area contributed by atoms with Gasteiger partial charge in [-0.2, -0.15) is 0 Å². The molecule has 0 saturated heterocycles. The minimum absolute atomic E-state index is 0.227. The van der Waals surface area contributed by atoms with Crippen LogP contribution in [0.4, 0.5) is 0 Å². The van der Waals surface area contributed by atoms with E-state index in [1.807, 2.05) is 66.7 Å². The van der Waals surface area contributed by atoms with Crippen molar-refractivity contribution in [3.63, 3.8) is 0 Å². The lowest BCUT2D eigenvalue weighted by molar-refractivity contribution is 1.21. The number of fused-ring (bicyclic) bond motifs is 2. The summed E-state index contributed by atoms with van der Waals surface area (Å²) < 4.78 is 0. The van der Waals surface area contributed by atoms with Crippen molar-refractivity contribution in [3.05, 3.63) is 107 Å². The molecule has 0 aliphatic carbocycles. The fourth-order valence-electron chi connectivity index (χ4n) is 4.02. The molecule has 4 aromatic heterocycles. The molecule has 0 fully saturated rings. The summed E-state index contributed by atoms with van der Waals surface area (Å²) in [6.45, 7) is 0. The number of aromatic nitrogens is 5. The van der Waals surface area contributed by atoms with Crippen molar-refractivity contribution in [1.82, 2.24) is 24.9 Å². The quantitative estimate of drug-likeness (QED) is 0.354. The Bertz CT molecular complexity index is 1730. The zero-order chi connectivity index (χ0) is 23.1. The average Bonchev–Trinajstić information content (AvgIpc) is 2.89. The van der Waals surface area contributed by atoms with E-state index in [-0.39, 0.29) is 10.9 Å². The predicted molar refractivity (Wildman–Crippen MR) is 135 cm³/mol. The number of nitrogens with one attached hydrogen (secondary N) is 1. The lowest BCUT2D eigenvalue weighted by atomic mass is 10.0. The van der Waals surface area contributed by atoms with Crippen LogP contribution >= 0.6 is 11.6 Å². The minimum atomic E-state index is -0.227. The van der Waals surface area contributed by atoms with Gasteiger partial charge in [-0.05, 0) is 30.3 Å². The van der Waals surface area contributed by atoms with Gasteiger partial charge in [0.05, 0.1) is 27.6 Å². The van der Waals surface area contributed by atoms with E-state index in [1.54, 1.807) is 18.6 Å². The van der Waals surface area contributed by atoms with Crippen molar-refractivity contribution in [2.24, 2.45) is 0 Å². The van der Waals surface area contributed by atoms with Crippen molar-refractivity contribution in [1.29, 1.82) is 0 Å². The van der Waals surface area contributed by atoms with Crippen molar-refractivity contribution >= 4 is 33.7 Å². The summed E-state index contributed by atoms with van der Waals surface area (Å²) in [6.07, 6.45) is 5.09. The molecule has 6 aromatic rings. The number of halogens is 1. The van der Waals surface area contributed by atoms with Gasteiger partial charge in [0.2, 0.25) is 5.43 Å². The van der Waals surface area contributed by atoms with Gasteiger partial charge in [-0.3, -0.25) is 14.8 Å². The van der Waals surface area contributed by atoms with Crippen LogP contribution in [-0.2, 0) is 0 Å². The second-order valence-electron chi connectivity index (χ2n) is 7.81. The third-order valence-electron chi connectivity index (χ3n) is 5.61. The number of aromatic amines is 1. The van der Waals surface area contributed by atoms with E-state index in [0.29, 0.717) is 33.3 Å². The van der Waals surface area contributed by atoms with Crippen LogP contribution in [0.2, 0.25) is 5.02 Å². The maximum atomic E-state index is 13.1. The van der Waals surface area contributed by atoms with E-state index in [1.165, 1.54) is 6.07 Å². The monoisotopic (exact) mass is 461 g/mol. The van der Waals surface area contributed by atoms with Crippen LogP contribution in [0.5, 0.6) is 0 Å². The molecule has 1 N–H and O–H groups in total. The Labute approximate surface area is 199 Å². The Hall–Kier alpha value is -4.42. The Balaban J connectivity index is 1.65. The number of rotatable bonds is 3. The third-order valence-corrected chi connectivity index (χ3v) is 5.90. The molecule has 34 heavy (non-hydrogen) atoms. The first kappa shape index (κ1) is 20.2. The van der Waals surface area contributed by atoms with Crippen LogP contribution in [0, 0.1) is 0 Å². The van der Waals surface area contributed by atoms with Gasteiger partial charge >= 0.3 is 0 Å². The number of hydrogen-bond donors (Lipinski definition) is 1. The highest BCUT2D eigenvalue weighted by atomic mass is 35.5. The molecular formula is C27H16ClN5O. The van der Waals surface area contributed by atoms with Gasteiger partial charge in [-0.25, -0.2) is 9.97 Å². The van der Waals surface area contributed by atoms with Crippen LogP contribution in [0.3, 0.4) is 0 Å². The summed E-state index contributed by atoms with van der Waals surface area (Å²) in [4.78, 5) is 34.6. The zero-order valence-electron chi connectivity index (χ0n) is 17.7.